The van der Waals surface area contributed by atoms with Gasteiger partial charge in [-0.15, -0.1) is 0 Å². The Kier molecular flexibility index (Phi) is 5.46. The average Bonchev–Trinajstić information content (AvgIpc) is 3.40. The first kappa shape index (κ1) is 21.1. The number of imidazole rings is 1. The number of nitrogens with zero attached hydrogens (tertiary/aromatic N) is 3. The van der Waals surface area contributed by atoms with E-state index in [4.69, 9.17) is 4.74 Å². The third kappa shape index (κ3) is 3.49. The van der Waals surface area contributed by atoms with E-state index in [1.54, 1.807) is 23.0 Å². The molecule has 166 valence electrons. The van der Waals surface area contributed by atoms with E-state index < -0.39 is 23.6 Å². The first-order valence-corrected chi connectivity index (χ1v) is 11.3. The van der Waals surface area contributed by atoms with Crippen LogP contribution in [-0.2, 0) is 11.2 Å². The number of aromatic amines is 1. The Labute approximate surface area is 191 Å². The van der Waals surface area contributed by atoms with Gasteiger partial charge < -0.3 is 14.8 Å². The first-order chi connectivity index (χ1) is 15.5. The summed E-state index contributed by atoms with van der Waals surface area (Å²) in [5.74, 6) is -1.24. The van der Waals surface area contributed by atoms with Gasteiger partial charge in [-0.2, -0.15) is 5.10 Å². The van der Waals surface area contributed by atoms with Crippen LogP contribution in [0.4, 0.5) is 8.78 Å². The zero-order valence-corrected chi connectivity index (χ0v) is 18.9. The van der Waals surface area contributed by atoms with E-state index in [9.17, 15) is 9.50 Å². The van der Waals surface area contributed by atoms with Crippen LogP contribution in [0.3, 0.4) is 0 Å². The Bertz CT molecular complexity index is 1310. The van der Waals surface area contributed by atoms with Crippen LogP contribution in [-0.4, -0.2) is 31.5 Å². The van der Waals surface area contributed by atoms with Crippen LogP contribution in [0.1, 0.15) is 38.0 Å². The fourth-order valence-electron chi connectivity index (χ4n) is 4.27. The van der Waals surface area contributed by atoms with Crippen LogP contribution < -0.4 is 0 Å². The highest BCUT2D eigenvalue weighted by molar-refractivity contribution is 9.10. The number of benzene rings is 2. The van der Waals surface area contributed by atoms with Crippen molar-refractivity contribution in [2.24, 2.45) is 0 Å². The molecule has 1 aliphatic rings. The largest absolute Gasteiger partial charge is 0.505 e. The number of phenolic OH excluding ortho intramolecular Hbond substituents is 1. The Balaban J connectivity index is 1.77. The Morgan fingerprint density at radius 2 is 2.09 bits per heavy atom. The third-order valence-corrected chi connectivity index (χ3v) is 6.26. The lowest BCUT2D eigenvalue weighted by Gasteiger charge is -2.23. The smallest absolute Gasteiger partial charge is 0.165 e. The van der Waals surface area contributed by atoms with Crippen molar-refractivity contribution < 1.29 is 18.6 Å². The predicted molar refractivity (Wildman–Crippen MR) is 120 cm³/mol. The molecule has 0 saturated carbocycles. The van der Waals surface area contributed by atoms with Crippen LogP contribution in [0.15, 0.2) is 35.1 Å². The first-order valence-electron chi connectivity index (χ1n) is 10.5. The second-order valence-electron chi connectivity index (χ2n) is 7.82. The fourth-order valence-corrected chi connectivity index (χ4v) is 4.56. The van der Waals surface area contributed by atoms with Gasteiger partial charge >= 0.3 is 0 Å². The van der Waals surface area contributed by atoms with Gasteiger partial charge in [0.05, 0.1) is 0 Å². The SMILES string of the molecule is CCc1cc(O)c(F)cc1-c1ccc2c(-c3nc(Br)c[nH]3)nn(C3CCCCO3)c2c1F. The summed E-state index contributed by atoms with van der Waals surface area (Å²) in [5, 5.41) is 15.0. The molecular weight excluding hydrogens is 482 g/mol. The summed E-state index contributed by atoms with van der Waals surface area (Å²) >= 11 is 3.33. The molecular formula is C23H21BrF2N4O2. The van der Waals surface area contributed by atoms with E-state index in [1.807, 2.05) is 6.92 Å². The third-order valence-electron chi connectivity index (χ3n) is 5.85. The summed E-state index contributed by atoms with van der Waals surface area (Å²) in [6, 6.07) is 5.93. The zero-order valence-electron chi connectivity index (χ0n) is 17.3. The minimum absolute atomic E-state index is 0.248. The van der Waals surface area contributed by atoms with Gasteiger partial charge in [0.25, 0.3) is 0 Å². The van der Waals surface area contributed by atoms with Crippen molar-refractivity contribution in [3.05, 3.63) is 52.3 Å². The molecule has 9 heteroatoms. The van der Waals surface area contributed by atoms with E-state index in [2.05, 4.69) is 31.0 Å². The molecule has 0 aliphatic carbocycles. The number of aromatic nitrogens is 4. The van der Waals surface area contributed by atoms with Crippen molar-refractivity contribution in [1.82, 2.24) is 19.7 Å². The number of halogens is 3. The van der Waals surface area contributed by atoms with Gasteiger partial charge in [0.2, 0.25) is 0 Å². The highest BCUT2D eigenvalue weighted by Gasteiger charge is 2.27. The van der Waals surface area contributed by atoms with Gasteiger partial charge in [0.1, 0.15) is 15.8 Å². The van der Waals surface area contributed by atoms with E-state index in [1.165, 1.54) is 12.1 Å². The van der Waals surface area contributed by atoms with Crippen molar-refractivity contribution in [3.8, 4) is 28.4 Å². The number of nitrogens with one attached hydrogen (secondary N) is 1. The summed E-state index contributed by atoms with van der Waals surface area (Å²) in [6.07, 6.45) is 4.43. The van der Waals surface area contributed by atoms with Crippen molar-refractivity contribution in [3.63, 3.8) is 0 Å². The molecule has 5 rings (SSSR count). The predicted octanol–water partition coefficient (Wildman–Crippen LogP) is 6.10. The maximum Gasteiger partial charge on any atom is 0.165 e. The van der Waals surface area contributed by atoms with Gasteiger partial charge in [0.15, 0.2) is 29.4 Å². The Morgan fingerprint density at radius 3 is 2.78 bits per heavy atom. The normalized spacial score (nSPS) is 16.7. The summed E-state index contributed by atoms with van der Waals surface area (Å²) in [7, 11) is 0. The molecule has 3 heterocycles. The number of hydrogen-bond acceptors (Lipinski definition) is 4. The Morgan fingerprint density at radius 1 is 1.25 bits per heavy atom. The van der Waals surface area contributed by atoms with E-state index in [0.717, 1.165) is 19.3 Å². The van der Waals surface area contributed by atoms with Gasteiger partial charge in [-0.3, -0.25) is 0 Å². The number of aromatic hydroxyl groups is 1. The van der Waals surface area contributed by atoms with Crippen molar-refractivity contribution in [2.45, 2.75) is 38.8 Å². The molecule has 2 aromatic carbocycles. The second-order valence-corrected chi connectivity index (χ2v) is 8.64. The molecule has 0 bridgehead atoms. The molecule has 1 unspecified atom stereocenters. The number of hydrogen-bond donors (Lipinski definition) is 2. The lowest BCUT2D eigenvalue weighted by atomic mass is 9.95. The lowest BCUT2D eigenvalue weighted by Crippen LogP contribution is -2.19. The topological polar surface area (TPSA) is 76.0 Å². The van der Waals surface area contributed by atoms with Crippen LogP contribution in [0.25, 0.3) is 33.5 Å². The van der Waals surface area contributed by atoms with Gasteiger partial charge in [0, 0.05) is 23.8 Å². The van der Waals surface area contributed by atoms with E-state index >= 15 is 4.39 Å². The molecule has 1 aliphatic heterocycles. The molecule has 1 saturated heterocycles. The number of ether oxygens (including phenoxy) is 1. The van der Waals surface area contributed by atoms with E-state index in [-0.39, 0.29) is 11.1 Å². The summed E-state index contributed by atoms with van der Waals surface area (Å²) in [5.41, 5.74) is 2.10. The maximum atomic E-state index is 16.1. The van der Waals surface area contributed by atoms with Gasteiger partial charge in [-0.1, -0.05) is 13.0 Å². The quantitative estimate of drug-likeness (QED) is 0.353. The molecule has 2 N–H and O–H groups in total. The van der Waals surface area contributed by atoms with Crippen LogP contribution in [0.2, 0.25) is 0 Å². The second kappa shape index (κ2) is 8.29. The highest BCUT2D eigenvalue weighted by atomic mass is 79.9. The summed E-state index contributed by atoms with van der Waals surface area (Å²) in [6.45, 7) is 2.46. The highest BCUT2D eigenvalue weighted by Crippen LogP contribution is 2.39. The van der Waals surface area contributed by atoms with Gasteiger partial charge in [-0.25, -0.2) is 18.4 Å². The maximum absolute atomic E-state index is 16.1. The fraction of sp³-hybridized carbons (Fsp3) is 0.304. The van der Waals surface area contributed by atoms with Crippen molar-refractivity contribution in [2.75, 3.05) is 6.61 Å². The number of aryl methyl sites for hydroxylation is 1. The minimum atomic E-state index is -0.790. The summed E-state index contributed by atoms with van der Waals surface area (Å²) < 4.78 is 38.4. The molecule has 0 amide bonds. The molecule has 2 aromatic heterocycles. The van der Waals surface area contributed by atoms with Gasteiger partial charge in [-0.05, 0) is 70.9 Å². The molecule has 1 atom stereocenters. The average molecular weight is 503 g/mol. The standard InChI is InChI=1S/C23H21BrF2N4O2/c1-2-12-9-17(31)16(25)10-15(12)13-6-7-14-21(23-27-11-18(24)28-23)29-30(22(14)20(13)26)19-5-3-4-8-32-19/h6-7,9-11,19,31H,2-5,8H2,1H3,(H,27,28). The number of H-pyrrole nitrogens is 1. The number of phenols is 1. The van der Waals surface area contributed by atoms with Crippen LogP contribution in [0, 0.1) is 11.6 Å². The molecule has 0 spiro atoms. The Hall–Kier alpha value is -2.78. The molecule has 6 nitrogen and oxygen atoms in total. The molecule has 1 fully saturated rings. The van der Waals surface area contributed by atoms with Crippen molar-refractivity contribution >= 4 is 26.8 Å². The molecule has 4 aromatic rings. The van der Waals surface area contributed by atoms with E-state index in [0.29, 0.717) is 45.7 Å². The lowest BCUT2D eigenvalue weighted by molar-refractivity contribution is -0.0368. The number of rotatable bonds is 4. The monoisotopic (exact) mass is 502 g/mol. The number of fused-ring (bicyclic) bond motifs is 1. The minimum Gasteiger partial charge on any atom is -0.505 e. The molecule has 0 radical (unpaired) electrons. The van der Waals surface area contributed by atoms with Crippen LogP contribution >= 0.6 is 15.9 Å². The zero-order chi connectivity index (χ0) is 22.4. The van der Waals surface area contributed by atoms with Crippen LogP contribution in [0.5, 0.6) is 5.75 Å². The summed E-state index contributed by atoms with van der Waals surface area (Å²) in [4.78, 5) is 7.45. The van der Waals surface area contributed by atoms with Crippen molar-refractivity contribution in [1.29, 1.82) is 0 Å². The molecule has 32 heavy (non-hydrogen) atoms.